The van der Waals surface area contributed by atoms with Crippen LogP contribution in [0, 0.1) is 5.92 Å². The lowest BCUT2D eigenvalue weighted by Crippen LogP contribution is -2.37. The van der Waals surface area contributed by atoms with E-state index in [1.807, 2.05) is 0 Å². The summed E-state index contributed by atoms with van der Waals surface area (Å²) in [5, 5.41) is -0.112. The molecule has 0 aromatic rings. The van der Waals surface area contributed by atoms with Gasteiger partial charge in [0, 0.05) is 5.92 Å². The summed E-state index contributed by atoms with van der Waals surface area (Å²) in [4.78, 5) is 11.7. The number of hydrogen-bond donors (Lipinski definition) is 1. The van der Waals surface area contributed by atoms with Crippen LogP contribution in [0.15, 0.2) is 0 Å². The summed E-state index contributed by atoms with van der Waals surface area (Å²) in [6.07, 6.45) is 10.1. The molecule has 114 valence electrons. The maximum atomic E-state index is 12.2. The fraction of sp³-hybridized carbons (Fsp3) is 0.923. The summed E-state index contributed by atoms with van der Waals surface area (Å²) in [7, 11) is -3.26. The Morgan fingerprint density at radius 2 is 1.55 bits per heavy atom. The van der Waals surface area contributed by atoms with Gasteiger partial charge >= 0.3 is 0 Å². The molecule has 2 fully saturated rings. The zero-order valence-corrected chi connectivity index (χ0v) is 13.6. The number of carbonyl (C=O) groups excluding carboxylic acids is 1. The molecule has 7 heteroatoms. The van der Waals surface area contributed by atoms with Crippen molar-refractivity contribution in [2.24, 2.45) is 5.92 Å². The highest BCUT2D eigenvalue weighted by molar-refractivity contribution is 8.34. The molecule has 0 unspecified atom stereocenters. The third-order valence-electron chi connectivity index (χ3n) is 4.40. The van der Waals surface area contributed by atoms with Gasteiger partial charge in [0.2, 0.25) is 10.0 Å². The van der Waals surface area contributed by atoms with Gasteiger partial charge in [-0.15, -0.1) is 11.6 Å². The summed E-state index contributed by atoms with van der Waals surface area (Å²) in [5.74, 6) is 0.172. The molecule has 1 N–H and O–H groups in total. The first kappa shape index (κ1) is 16.4. The van der Waals surface area contributed by atoms with Gasteiger partial charge in [0.05, 0.1) is 5.25 Å². The van der Waals surface area contributed by atoms with Crippen LogP contribution in [-0.4, -0.2) is 25.5 Å². The van der Waals surface area contributed by atoms with Gasteiger partial charge in [-0.05, 0) is 25.7 Å². The van der Waals surface area contributed by atoms with Crippen LogP contribution in [0.4, 0.5) is 0 Å². The van der Waals surface area contributed by atoms with Crippen LogP contribution in [0.1, 0.15) is 64.2 Å². The van der Waals surface area contributed by atoms with E-state index in [1.54, 1.807) is 0 Å². The summed E-state index contributed by atoms with van der Waals surface area (Å²) in [6, 6.07) is 0. The molecule has 0 radical (unpaired) electrons. The SMILES string of the molecule is O=C(SBNS(=O)(=O)C1CCCCCCC1)C1CCC1. The van der Waals surface area contributed by atoms with Crippen LogP contribution < -0.4 is 4.63 Å². The second-order valence-electron chi connectivity index (χ2n) is 5.89. The number of rotatable bonds is 5. The van der Waals surface area contributed by atoms with Gasteiger partial charge < -0.3 is 0 Å². The lowest BCUT2D eigenvalue weighted by Gasteiger charge is -2.23. The molecule has 2 saturated carbocycles. The van der Waals surface area contributed by atoms with E-state index in [1.165, 1.54) is 6.42 Å². The van der Waals surface area contributed by atoms with Gasteiger partial charge in [-0.1, -0.05) is 38.5 Å². The minimum absolute atomic E-state index is 0.150. The standard InChI is InChI=1S/C13H24BNO3S2/c16-13(11-7-6-8-11)19-14-15-20(17,18)12-9-4-2-1-3-5-10-12/h11-12,14-15H,1-10H2. The molecule has 0 heterocycles. The van der Waals surface area contributed by atoms with E-state index in [-0.39, 0.29) is 23.0 Å². The monoisotopic (exact) mass is 317 g/mol. The minimum atomic E-state index is -3.26. The molecule has 20 heavy (non-hydrogen) atoms. The summed E-state index contributed by atoms with van der Waals surface area (Å²) >= 11 is 1.13. The highest BCUT2D eigenvalue weighted by atomic mass is 32.2. The van der Waals surface area contributed by atoms with Crippen molar-refractivity contribution in [1.29, 1.82) is 0 Å². The molecular formula is C13H24BNO3S2. The molecule has 0 bridgehead atoms. The van der Waals surface area contributed by atoms with Crippen molar-refractivity contribution in [1.82, 2.24) is 4.63 Å². The molecule has 2 rings (SSSR count). The lowest BCUT2D eigenvalue weighted by molar-refractivity contribution is -0.116. The van der Waals surface area contributed by atoms with Crippen LogP contribution in [0.5, 0.6) is 0 Å². The zero-order chi connectivity index (χ0) is 14.4. The van der Waals surface area contributed by atoms with Crippen molar-refractivity contribution in [2.45, 2.75) is 69.5 Å². The van der Waals surface area contributed by atoms with Crippen molar-refractivity contribution >= 4 is 33.4 Å². The Bertz CT molecular complexity index is 415. The van der Waals surface area contributed by atoms with Crippen molar-refractivity contribution in [2.75, 3.05) is 0 Å². The first-order valence-corrected chi connectivity index (χ1v) is 10.3. The van der Waals surface area contributed by atoms with Gasteiger partial charge in [0.25, 0.3) is 6.69 Å². The molecule has 0 amide bonds. The van der Waals surface area contributed by atoms with Crippen molar-refractivity contribution in [3.8, 4) is 0 Å². The van der Waals surface area contributed by atoms with E-state index >= 15 is 0 Å². The van der Waals surface area contributed by atoms with Crippen LogP contribution in [0.3, 0.4) is 0 Å². The fourth-order valence-corrected chi connectivity index (χ4v) is 5.49. The first-order valence-electron chi connectivity index (χ1n) is 7.75. The summed E-state index contributed by atoms with van der Waals surface area (Å²) < 4.78 is 27.1. The van der Waals surface area contributed by atoms with Gasteiger partial charge in [-0.2, -0.15) is 0 Å². The normalized spacial score (nSPS) is 22.6. The van der Waals surface area contributed by atoms with E-state index in [0.717, 1.165) is 69.4 Å². The molecule has 0 aromatic carbocycles. The van der Waals surface area contributed by atoms with Crippen LogP contribution >= 0.6 is 11.6 Å². The number of nitrogens with one attached hydrogen (secondary N) is 1. The average molecular weight is 317 g/mol. The average Bonchev–Trinajstić information content (AvgIpc) is 2.24. The zero-order valence-electron chi connectivity index (χ0n) is 12.0. The molecule has 2 aliphatic rings. The maximum Gasteiger partial charge on any atom is 0.294 e. The molecule has 0 saturated heterocycles. The number of carbonyl (C=O) groups is 1. The molecular weight excluding hydrogens is 293 g/mol. The van der Waals surface area contributed by atoms with E-state index in [9.17, 15) is 13.2 Å². The Morgan fingerprint density at radius 1 is 0.950 bits per heavy atom. The smallest absolute Gasteiger partial charge is 0.288 e. The Hall–Kier alpha value is -0.00506. The van der Waals surface area contributed by atoms with Crippen molar-refractivity contribution < 1.29 is 13.2 Å². The topological polar surface area (TPSA) is 63.2 Å². The van der Waals surface area contributed by atoms with Gasteiger partial charge in [0.1, 0.15) is 0 Å². The molecule has 0 aliphatic heterocycles. The Kier molecular flexibility index (Phi) is 6.42. The second kappa shape index (κ2) is 7.85. The fourth-order valence-electron chi connectivity index (χ4n) is 2.79. The van der Waals surface area contributed by atoms with Crippen molar-refractivity contribution in [3.63, 3.8) is 0 Å². The van der Waals surface area contributed by atoms with Crippen LogP contribution in [0.2, 0.25) is 0 Å². The van der Waals surface area contributed by atoms with E-state index < -0.39 is 10.0 Å². The Morgan fingerprint density at radius 3 is 2.10 bits per heavy atom. The van der Waals surface area contributed by atoms with Crippen LogP contribution in [-0.2, 0) is 14.8 Å². The Labute approximate surface area is 127 Å². The maximum absolute atomic E-state index is 12.2. The third kappa shape index (κ3) is 4.77. The largest absolute Gasteiger partial charge is 0.294 e. The number of sulfonamides is 1. The van der Waals surface area contributed by atoms with Gasteiger partial charge in [0.15, 0.2) is 5.12 Å². The van der Waals surface area contributed by atoms with E-state index in [2.05, 4.69) is 4.63 Å². The lowest BCUT2D eigenvalue weighted by atomic mass is 9.87. The van der Waals surface area contributed by atoms with Gasteiger partial charge in [-0.3, -0.25) is 4.79 Å². The minimum Gasteiger partial charge on any atom is -0.288 e. The van der Waals surface area contributed by atoms with Crippen LogP contribution in [0.25, 0.3) is 0 Å². The summed E-state index contributed by atoms with van der Waals surface area (Å²) in [5.41, 5.74) is 0. The molecule has 2 aliphatic carbocycles. The molecule has 0 aromatic heterocycles. The number of hydrogen-bond acceptors (Lipinski definition) is 4. The van der Waals surface area contributed by atoms with Crippen molar-refractivity contribution in [3.05, 3.63) is 0 Å². The van der Waals surface area contributed by atoms with E-state index in [4.69, 9.17) is 0 Å². The quantitative estimate of drug-likeness (QED) is 0.791. The van der Waals surface area contributed by atoms with Gasteiger partial charge in [-0.25, -0.2) is 13.1 Å². The third-order valence-corrected chi connectivity index (χ3v) is 7.39. The predicted octanol–water partition coefficient (Wildman–Crippen LogP) is 2.35. The highest BCUT2D eigenvalue weighted by Crippen LogP contribution is 2.30. The molecule has 0 spiro atoms. The summed E-state index contributed by atoms with van der Waals surface area (Å²) in [6.45, 7) is 0.203. The second-order valence-corrected chi connectivity index (χ2v) is 8.92. The predicted molar refractivity (Wildman–Crippen MR) is 85.3 cm³/mol. The highest BCUT2D eigenvalue weighted by Gasteiger charge is 2.28. The Balaban J connectivity index is 1.75. The molecule has 0 atom stereocenters. The first-order chi connectivity index (χ1) is 9.59. The molecule has 4 nitrogen and oxygen atoms in total. The van der Waals surface area contributed by atoms with E-state index in [0.29, 0.717) is 0 Å².